The molecule has 3 nitrogen and oxygen atoms in total. The van der Waals surface area contributed by atoms with Crippen LogP contribution in [0.3, 0.4) is 0 Å². The zero-order valence-corrected chi connectivity index (χ0v) is 10.3. The Morgan fingerprint density at radius 2 is 2.25 bits per heavy atom. The second kappa shape index (κ2) is 4.35. The summed E-state index contributed by atoms with van der Waals surface area (Å²) in [5, 5.41) is 0.505. The summed E-state index contributed by atoms with van der Waals surface area (Å²) in [6, 6.07) is 4.83. The highest BCUT2D eigenvalue weighted by molar-refractivity contribution is 9.10. The van der Waals surface area contributed by atoms with Crippen LogP contribution in [0.2, 0.25) is 0 Å². The highest BCUT2D eigenvalue weighted by atomic mass is 79.9. The van der Waals surface area contributed by atoms with Crippen LogP contribution in [0.1, 0.15) is 12.5 Å². The predicted molar refractivity (Wildman–Crippen MR) is 66.6 cm³/mol. The standard InChI is InChI=1S/C11H11BrFN3/c1-2-6-5-7-9(13)4-3-8(12)10(7)15-11(6)16-14/h3-5H,2,14H2,1H3,(H,15,16). The van der Waals surface area contributed by atoms with Gasteiger partial charge >= 0.3 is 0 Å². The quantitative estimate of drug-likeness (QED) is 0.658. The smallest absolute Gasteiger partial charge is 0.143 e. The fourth-order valence-electron chi connectivity index (χ4n) is 1.63. The molecule has 5 heteroatoms. The van der Waals surface area contributed by atoms with Crippen molar-refractivity contribution in [2.45, 2.75) is 13.3 Å². The van der Waals surface area contributed by atoms with Gasteiger partial charge in [-0.2, -0.15) is 0 Å². The molecule has 0 aliphatic heterocycles. The molecule has 0 spiro atoms. The van der Waals surface area contributed by atoms with E-state index >= 15 is 0 Å². The molecular weight excluding hydrogens is 273 g/mol. The number of hydrazine groups is 1. The fourth-order valence-corrected chi connectivity index (χ4v) is 2.06. The molecule has 0 saturated heterocycles. The van der Waals surface area contributed by atoms with Crippen molar-refractivity contribution in [1.29, 1.82) is 0 Å². The fraction of sp³-hybridized carbons (Fsp3) is 0.182. The maximum atomic E-state index is 13.6. The van der Waals surface area contributed by atoms with Gasteiger partial charge in [0.15, 0.2) is 0 Å². The first-order valence-corrected chi connectivity index (χ1v) is 5.71. The summed E-state index contributed by atoms with van der Waals surface area (Å²) in [5.41, 5.74) is 4.00. The summed E-state index contributed by atoms with van der Waals surface area (Å²) in [6.07, 6.45) is 0.744. The van der Waals surface area contributed by atoms with Crippen molar-refractivity contribution >= 4 is 32.7 Å². The monoisotopic (exact) mass is 283 g/mol. The summed E-state index contributed by atoms with van der Waals surface area (Å²) < 4.78 is 14.4. The van der Waals surface area contributed by atoms with E-state index in [2.05, 4.69) is 26.3 Å². The minimum Gasteiger partial charge on any atom is -0.308 e. The first kappa shape index (κ1) is 11.3. The molecular formula is C11H11BrFN3. The molecule has 0 atom stereocenters. The number of halogens is 2. The predicted octanol–water partition coefficient (Wildman–Crippen LogP) is 2.98. The molecule has 1 aromatic carbocycles. The molecule has 0 amide bonds. The number of rotatable bonds is 2. The first-order valence-electron chi connectivity index (χ1n) is 4.91. The Balaban J connectivity index is 2.82. The van der Waals surface area contributed by atoms with E-state index in [4.69, 9.17) is 5.84 Å². The van der Waals surface area contributed by atoms with Crippen LogP contribution in [0.25, 0.3) is 10.9 Å². The van der Waals surface area contributed by atoms with Crippen LogP contribution in [-0.4, -0.2) is 4.98 Å². The van der Waals surface area contributed by atoms with Crippen LogP contribution in [0.4, 0.5) is 10.2 Å². The normalized spacial score (nSPS) is 10.8. The van der Waals surface area contributed by atoms with Crippen molar-refractivity contribution in [3.8, 4) is 0 Å². The van der Waals surface area contributed by atoms with Gasteiger partial charge in [-0.05, 0) is 46.1 Å². The second-order valence-electron chi connectivity index (χ2n) is 3.42. The number of nitrogens with two attached hydrogens (primary N) is 1. The summed E-state index contributed by atoms with van der Waals surface area (Å²) >= 11 is 3.34. The molecule has 2 rings (SSSR count). The third kappa shape index (κ3) is 1.76. The van der Waals surface area contributed by atoms with Crippen molar-refractivity contribution in [3.63, 3.8) is 0 Å². The Bertz CT molecular complexity index is 494. The molecule has 84 valence electrons. The van der Waals surface area contributed by atoms with Crippen LogP contribution in [0.5, 0.6) is 0 Å². The van der Waals surface area contributed by atoms with Gasteiger partial charge in [-0.25, -0.2) is 15.2 Å². The van der Waals surface area contributed by atoms with Gasteiger partial charge in [0.25, 0.3) is 0 Å². The van der Waals surface area contributed by atoms with Crippen LogP contribution in [-0.2, 0) is 6.42 Å². The number of aryl methyl sites for hydroxylation is 1. The van der Waals surface area contributed by atoms with Crippen LogP contribution in [0, 0.1) is 5.82 Å². The van der Waals surface area contributed by atoms with E-state index in [-0.39, 0.29) is 5.82 Å². The Hall–Kier alpha value is -1.20. The average Bonchev–Trinajstić information content (AvgIpc) is 2.32. The number of anilines is 1. The lowest BCUT2D eigenvalue weighted by Gasteiger charge is -2.09. The van der Waals surface area contributed by atoms with E-state index in [1.54, 1.807) is 12.1 Å². The van der Waals surface area contributed by atoms with Gasteiger partial charge in [-0.1, -0.05) is 6.92 Å². The molecule has 0 aliphatic rings. The molecule has 0 bridgehead atoms. The summed E-state index contributed by atoms with van der Waals surface area (Å²) in [5.74, 6) is 5.69. The molecule has 0 fully saturated rings. The van der Waals surface area contributed by atoms with Gasteiger partial charge in [0.2, 0.25) is 0 Å². The minimum atomic E-state index is -0.274. The zero-order valence-electron chi connectivity index (χ0n) is 8.72. The maximum absolute atomic E-state index is 13.6. The number of nitrogen functional groups attached to an aromatic ring is 1. The Morgan fingerprint density at radius 3 is 2.88 bits per heavy atom. The van der Waals surface area contributed by atoms with Crippen molar-refractivity contribution in [2.75, 3.05) is 5.43 Å². The number of benzene rings is 1. The van der Waals surface area contributed by atoms with E-state index < -0.39 is 0 Å². The summed E-state index contributed by atoms with van der Waals surface area (Å²) in [6.45, 7) is 1.97. The average molecular weight is 284 g/mol. The zero-order chi connectivity index (χ0) is 11.7. The van der Waals surface area contributed by atoms with Crippen LogP contribution >= 0.6 is 15.9 Å². The van der Waals surface area contributed by atoms with Gasteiger partial charge in [-0.3, -0.25) is 0 Å². The van der Waals surface area contributed by atoms with Crippen molar-refractivity contribution in [2.24, 2.45) is 5.84 Å². The lowest BCUT2D eigenvalue weighted by atomic mass is 10.1. The molecule has 0 radical (unpaired) electrons. The lowest BCUT2D eigenvalue weighted by molar-refractivity contribution is 0.639. The molecule has 0 aliphatic carbocycles. The molecule has 1 aromatic heterocycles. The number of nitrogens with zero attached hydrogens (tertiary/aromatic N) is 1. The molecule has 3 N–H and O–H groups in total. The number of fused-ring (bicyclic) bond motifs is 1. The Morgan fingerprint density at radius 1 is 1.50 bits per heavy atom. The van der Waals surface area contributed by atoms with Gasteiger partial charge in [0.1, 0.15) is 11.6 Å². The number of aromatic nitrogens is 1. The minimum absolute atomic E-state index is 0.274. The molecule has 0 unspecified atom stereocenters. The Labute approximate surface area is 101 Å². The summed E-state index contributed by atoms with van der Waals surface area (Å²) in [4.78, 5) is 4.30. The highest BCUT2D eigenvalue weighted by Crippen LogP contribution is 2.28. The molecule has 16 heavy (non-hydrogen) atoms. The number of pyridine rings is 1. The van der Waals surface area contributed by atoms with E-state index in [1.165, 1.54) is 6.07 Å². The van der Waals surface area contributed by atoms with Gasteiger partial charge in [0, 0.05) is 9.86 Å². The largest absolute Gasteiger partial charge is 0.308 e. The third-order valence-electron chi connectivity index (χ3n) is 2.48. The van der Waals surface area contributed by atoms with Crippen molar-refractivity contribution in [1.82, 2.24) is 4.98 Å². The van der Waals surface area contributed by atoms with E-state index in [0.717, 1.165) is 16.5 Å². The molecule has 0 saturated carbocycles. The SMILES string of the molecule is CCc1cc2c(F)ccc(Br)c2nc1NN. The number of hydrogen-bond acceptors (Lipinski definition) is 3. The second-order valence-corrected chi connectivity index (χ2v) is 4.27. The number of nitrogens with one attached hydrogen (secondary N) is 1. The highest BCUT2D eigenvalue weighted by Gasteiger charge is 2.10. The Kier molecular flexibility index (Phi) is 3.07. The van der Waals surface area contributed by atoms with Gasteiger partial charge < -0.3 is 5.43 Å². The van der Waals surface area contributed by atoms with Crippen molar-refractivity contribution in [3.05, 3.63) is 34.1 Å². The molecule has 2 aromatic rings. The molecule has 1 heterocycles. The van der Waals surface area contributed by atoms with E-state index in [1.807, 2.05) is 6.92 Å². The summed E-state index contributed by atoms with van der Waals surface area (Å²) in [7, 11) is 0. The topological polar surface area (TPSA) is 50.9 Å². The van der Waals surface area contributed by atoms with Gasteiger partial charge in [0.05, 0.1) is 5.52 Å². The van der Waals surface area contributed by atoms with Gasteiger partial charge in [-0.15, -0.1) is 0 Å². The maximum Gasteiger partial charge on any atom is 0.143 e. The first-order chi connectivity index (χ1) is 7.67. The third-order valence-corrected chi connectivity index (χ3v) is 3.12. The van der Waals surface area contributed by atoms with Crippen LogP contribution < -0.4 is 11.3 Å². The van der Waals surface area contributed by atoms with E-state index in [0.29, 0.717) is 16.7 Å². The number of hydrogen-bond donors (Lipinski definition) is 2. The van der Waals surface area contributed by atoms with E-state index in [9.17, 15) is 4.39 Å². The van der Waals surface area contributed by atoms with Crippen LogP contribution in [0.15, 0.2) is 22.7 Å². The van der Waals surface area contributed by atoms with Crippen molar-refractivity contribution < 1.29 is 4.39 Å². The lowest BCUT2D eigenvalue weighted by Crippen LogP contribution is -2.11.